The van der Waals surface area contributed by atoms with Gasteiger partial charge in [0, 0.05) is 40.8 Å². The molecule has 4 aliphatic rings. The molecular weight excluding hydrogens is 479 g/mol. The van der Waals surface area contributed by atoms with Gasteiger partial charge in [-0.3, -0.25) is 9.79 Å². The van der Waals surface area contributed by atoms with Crippen LogP contribution in [0.3, 0.4) is 0 Å². The van der Waals surface area contributed by atoms with Crippen molar-refractivity contribution >= 4 is 51.6 Å². The lowest BCUT2D eigenvalue weighted by Crippen LogP contribution is -2.25. The first kappa shape index (κ1) is 24.7. The predicted octanol–water partition coefficient (Wildman–Crippen LogP) is 6.98. The van der Waals surface area contributed by atoms with Crippen molar-refractivity contribution in [1.82, 2.24) is 0 Å². The van der Waals surface area contributed by atoms with Crippen molar-refractivity contribution in [3.63, 3.8) is 0 Å². The molecule has 4 nitrogen and oxygen atoms in total. The molecule has 2 bridgehead atoms. The monoisotopic (exact) mass is 506 g/mol. The van der Waals surface area contributed by atoms with Gasteiger partial charge in [-0.2, -0.15) is 0 Å². The molecular formula is C26H29Cl3N2O2. The molecule has 0 spiro atoms. The lowest BCUT2D eigenvalue weighted by Gasteiger charge is -2.31. The Morgan fingerprint density at radius 2 is 1.88 bits per heavy atom. The SMILES string of the molecule is CC(C)C1=N/C=C\CCC2=C1CC1CCC3=C(C(O)C/C(Cl)=C(/Cl)C=C3C(Cl)=NC1=O)C2C. The van der Waals surface area contributed by atoms with Gasteiger partial charge in [-0.15, -0.1) is 0 Å². The summed E-state index contributed by atoms with van der Waals surface area (Å²) >= 11 is 19.5. The first-order valence-electron chi connectivity index (χ1n) is 11.6. The third-order valence-electron chi connectivity index (χ3n) is 7.04. The number of nitrogens with zero attached hydrogens (tertiary/aromatic N) is 2. The molecule has 0 saturated carbocycles. The first-order chi connectivity index (χ1) is 15.7. The van der Waals surface area contributed by atoms with E-state index in [2.05, 4.69) is 31.8 Å². The number of amides is 1. The highest BCUT2D eigenvalue weighted by molar-refractivity contribution is 6.71. The van der Waals surface area contributed by atoms with Crippen LogP contribution in [0.2, 0.25) is 0 Å². The van der Waals surface area contributed by atoms with E-state index in [1.807, 2.05) is 6.20 Å². The molecule has 33 heavy (non-hydrogen) atoms. The molecule has 0 aromatic rings. The number of aliphatic hydroxyl groups excluding tert-OH is 1. The van der Waals surface area contributed by atoms with E-state index in [0.717, 1.165) is 35.3 Å². The van der Waals surface area contributed by atoms with Crippen LogP contribution in [-0.4, -0.2) is 28.0 Å². The number of carbonyl (C=O) groups excluding carboxylic acids is 1. The molecule has 2 aliphatic heterocycles. The van der Waals surface area contributed by atoms with Crippen molar-refractivity contribution < 1.29 is 9.90 Å². The molecule has 0 aromatic heterocycles. The summed E-state index contributed by atoms with van der Waals surface area (Å²) in [6, 6.07) is 0. The fourth-order valence-electron chi connectivity index (χ4n) is 5.40. The number of fused-ring (bicyclic) bond motifs is 2. The zero-order chi connectivity index (χ0) is 23.9. The van der Waals surface area contributed by atoms with Crippen molar-refractivity contribution in [2.45, 2.75) is 65.4 Å². The summed E-state index contributed by atoms with van der Waals surface area (Å²) in [6.07, 6.45) is 8.57. The molecule has 7 heteroatoms. The van der Waals surface area contributed by atoms with Crippen molar-refractivity contribution in [3.8, 4) is 0 Å². The maximum atomic E-state index is 13.2. The highest BCUT2D eigenvalue weighted by atomic mass is 35.5. The topological polar surface area (TPSA) is 62.0 Å². The quantitative estimate of drug-likeness (QED) is 0.416. The minimum absolute atomic E-state index is 0.0680. The average Bonchev–Trinajstić information content (AvgIpc) is 2.77. The van der Waals surface area contributed by atoms with Gasteiger partial charge >= 0.3 is 0 Å². The molecule has 0 saturated heterocycles. The molecule has 4 rings (SSSR count). The molecule has 0 radical (unpaired) electrons. The zero-order valence-corrected chi connectivity index (χ0v) is 21.4. The average molecular weight is 508 g/mol. The van der Waals surface area contributed by atoms with E-state index in [1.165, 1.54) is 5.57 Å². The van der Waals surface area contributed by atoms with E-state index >= 15 is 0 Å². The highest BCUT2D eigenvalue weighted by Crippen LogP contribution is 2.44. The fraction of sp³-hybridized carbons (Fsp3) is 0.500. The highest BCUT2D eigenvalue weighted by Gasteiger charge is 2.36. The van der Waals surface area contributed by atoms with Crippen LogP contribution in [0.15, 0.2) is 66.3 Å². The third-order valence-corrected chi connectivity index (χ3v) is 8.12. The van der Waals surface area contributed by atoms with Crippen molar-refractivity contribution in [2.24, 2.45) is 27.7 Å². The van der Waals surface area contributed by atoms with Gasteiger partial charge in [-0.25, -0.2) is 4.99 Å². The second kappa shape index (κ2) is 10.0. The van der Waals surface area contributed by atoms with E-state index in [1.54, 1.807) is 6.08 Å². The predicted molar refractivity (Wildman–Crippen MR) is 137 cm³/mol. The van der Waals surface area contributed by atoms with Crippen molar-refractivity contribution in [3.05, 3.63) is 56.3 Å². The molecule has 3 unspecified atom stereocenters. The normalized spacial score (nSPS) is 32.2. The van der Waals surface area contributed by atoms with Crippen LogP contribution in [0.4, 0.5) is 0 Å². The summed E-state index contributed by atoms with van der Waals surface area (Å²) in [5.41, 5.74) is 5.76. The van der Waals surface area contributed by atoms with E-state index in [4.69, 9.17) is 39.8 Å². The number of halogens is 3. The van der Waals surface area contributed by atoms with Gasteiger partial charge in [0.1, 0.15) is 5.17 Å². The smallest absolute Gasteiger partial charge is 0.250 e. The van der Waals surface area contributed by atoms with Gasteiger partial charge < -0.3 is 5.11 Å². The second-order valence-electron chi connectivity index (χ2n) is 9.46. The van der Waals surface area contributed by atoms with Gasteiger partial charge in [0.15, 0.2) is 0 Å². The van der Waals surface area contributed by atoms with Gasteiger partial charge in [0.05, 0.1) is 11.1 Å². The maximum absolute atomic E-state index is 13.2. The summed E-state index contributed by atoms with van der Waals surface area (Å²) in [7, 11) is 0. The van der Waals surface area contributed by atoms with Crippen molar-refractivity contribution in [1.29, 1.82) is 0 Å². The molecule has 0 aromatic carbocycles. The summed E-state index contributed by atoms with van der Waals surface area (Å²) in [5.74, 6) is -0.394. The summed E-state index contributed by atoms with van der Waals surface area (Å²) in [6.45, 7) is 6.40. The Balaban J connectivity index is 2.05. The number of hydrogen-bond donors (Lipinski definition) is 1. The van der Waals surface area contributed by atoms with Crippen molar-refractivity contribution in [2.75, 3.05) is 0 Å². The molecule has 176 valence electrons. The van der Waals surface area contributed by atoms with E-state index < -0.39 is 6.10 Å². The lowest BCUT2D eigenvalue weighted by molar-refractivity contribution is -0.121. The Hall–Kier alpha value is -1.46. The summed E-state index contributed by atoms with van der Waals surface area (Å²) in [5, 5.41) is 12.2. The van der Waals surface area contributed by atoms with Gasteiger partial charge in [0.2, 0.25) is 0 Å². The standard InChI is InChI=1S/C26H29Cl3N2O2/c1-13(2)24-18-10-15-7-8-17-19(25(29)31-26(15)33)11-20(27)21(28)12-22(32)23(17)14(3)16(18)6-4-5-9-30-24/h5,9,11,13-15,22,32H,4,6-8,10,12H2,1-3H3/b9-5-,18-16?,19-11?,21-20-,23-17?,30-24?,31-25?. The van der Waals surface area contributed by atoms with Gasteiger partial charge in [-0.1, -0.05) is 67.2 Å². The molecule has 1 amide bonds. The van der Waals surface area contributed by atoms with Gasteiger partial charge in [-0.05, 0) is 60.8 Å². The Labute approximate surface area is 210 Å². The Kier molecular flexibility index (Phi) is 7.50. The van der Waals surface area contributed by atoms with Crippen LogP contribution < -0.4 is 0 Å². The Morgan fingerprint density at radius 1 is 1.12 bits per heavy atom. The maximum Gasteiger partial charge on any atom is 0.250 e. The van der Waals surface area contributed by atoms with Crippen LogP contribution in [-0.2, 0) is 4.79 Å². The second-order valence-corrected chi connectivity index (χ2v) is 10.7. The number of hydrogen-bond acceptors (Lipinski definition) is 3. The minimum atomic E-state index is -0.815. The third kappa shape index (κ3) is 4.86. The van der Waals surface area contributed by atoms with Crippen LogP contribution in [0.1, 0.15) is 59.3 Å². The fourth-order valence-corrected chi connectivity index (χ4v) is 6.04. The largest absolute Gasteiger partial charge is 0.388 e. The van der Waals surface area contributed by atoms with E-state index in [9.17, 15) is 9.90 Å². The number of carbonyl (C=O) groups is 1. The minimum Gasteiger partial charge on any atom is -0.388 e. The number of rotatable bonds is 1. The molecule has 2 aliphatic carbocycles. The van der Waals surface area contributed by atoms with Gasteiger partial charge in [0.25, 0.3) is 5.91 Å². The lowest BCUT2D eigenvalue weighted by atomic mass is 9.77. The molecule has 1 N–H and O–H groups in total. The van der Waals surface area contributed by atoms with Crippen LogP contribution >= 0.6 is 34.8 Å². The van der Waals surface area contributed by atoms with Crippen LogP contribution in [0, 0.1) is 17.8 Å². The molecule has 0 fully saturated rings. The molecule has 2 heterocycles. The number of aliphatic imine (C=N–C) groups is 2. The summed E-state index contributed by atoms with van der Waals surface area (Å²) in [4.78, 5) is 22.3. The number of allylic oxidation sites excluding steroid dienone is 7. The Morgan fingerprint density at radius 3 is 2.61 bits per heavy atom. The first-order valence-corrected chi connectivity index (χ1v) is 12.7. The van der Waals surface area contributed by atoms with Crippen LogP contribution in [0.25, 0.3) is 0 Å². The summed E-state index contributed by atoms with van der Waals surface area (Å²) < 4.78 is 0. The number of aliphatic hydroxyl groups is 1. The van der Waals surface area contributed by atoms with E-state index in [-0.39, 0.29) is 35.3 Å². The Bertz CT molecular complexity index is 1090. The van der Waals surface area contributed by atoms with Crippen LogP contribution in [0.5, 0.6) is 0 Å². The zero-order valence-electron chi connectivity index (χ0n) is 19.2. The molecule has 3 atom stereocenters. The van der Waals surface area contributed by atoms with E-state index in [0.29, 0.717) is 34.9 Å².